The van der Waals surface area contributed by atoms with Crippen LogP contribution in [0.1, 0.15) is 16.7 Å². The molecule has 3 aromatic carbocycles. The number of hydrogen-bond acceptors (Lipinski definition) is 6. The summed E-state index contributed by atoms with van der Waals surface area (Å²) in [5.74, 6) is 6.24. The van der Waals surface area contributed by atoms with Crippen molar-refractivity contribution >= 4 is 25.9 Å². The first-order chi connectivity index (χ1) is 14.0. The predicted molar refractivity (Wildman–Crippen MR) is 112 cm³/mol. The Labute approximate surface area is 175 Å². The maximum atomic E-state index is 11.2. The number of benzene rings is 3. The number of nitrogens with zero attached hydrogens (tertiary/aromatic N) is 1. The van der Waals surface area contributed by atoms with Gasteiger partial charge in [-0.2, -0.15) is 16.8 Å². The minimum absolute atomic E-state index is 0.173. The van der Waals surface area contributed by atoms with Gasteiger partial charge in [-0.05, 0) is 53.4 Å². The molecule has 0 saturated carbocycles. The van der Waals surface area contributed by atoms with Gasteiger partial charge in [0.2, 0.25) is 0 Å². The van der Waals surface area contributed by atoms with Crippen LogP contribution in [0, 0.1) is 0 Å². The van der Waals surface area contributed by atoms with E-state index in [1.54, 1.807) is 24.3 Å². The maximum absolute atomic E-state index is 11.2. The SMILES string of the molecule is NN(Cc1ccc(S(=O)(=O)O)cc1)c1ccccc1Cc1ccc(S(=O)(=O)O)cc1. The van der Waals surface area contributed by atoms with E-state index in [4.69, 9.17) is 14.9 Å². The minimum atomic E-state index is -4.25. The zero-order valence-corrected chi connectivity index (χ0v) is 17.3. The fourth-order valence-electron chi connectivity index (χ4n) is 2.99. The molecule has 0 aliphatic heterocycles. The number of hydrogen-bond donors (Lipinski definition) is 3. The molecular formula is C20H20N2O6S2. The second-order valence-corrected chi connectivity index (χ2v) is 9.51. The third kappa shape index (κ3) is 5.43. The summed E-state index contributed by atoms with van der Waals surface area (Å²) in [7, 11) is -8.49. The van der Waals surface area contributed by atoms with Gasteiger partial charge in [-0.3, -0.25) is 9.11 Å². The fraction of sp³-hybridized carbons (Fsp3) is 0.100. The lowest BCUT2D eigenvalue weighted by atomic mass is 10.0. The molecule has 0 saturated heterocycles. The lowest BCUT2D eigenvalue weighted by Gasteiger charge is -2.22. The molecule has 0 aromatic heterocycles. The first-order valence-electron chi connectivity index (χ1n) is 8.77. The molecule has 0 aliphatic rings. The number of hydrazine groups is 1. The lowest BCUT2D eigenvalue weighted by molar-refractivity contribution is 0.481. The van der Waals surface area contributed by atoms with Crippen LogP contribution in [0.4, 0.5) is 5.69 Å². The Balaban J connectivity index is 1.79. The summed E-state index contributed by atoms with van der Waals surface area (Å²) in [6.45, 7) is 0.296. The molecule has 10 heteroatoms. The Bertz CT molecular complexity index is 1240. The fourth-order valence-corrected chi connectivity index (χ4v) is 3.95. The third-order valence-electron chi connectivity index (χ3n) is 4.49. The first-order valence-corrected chi connectivity index (χ1v) is 11.6. The molecule has 0 atom stereocenters. The topological polar surface area (TPSA) is 138 Å². The lowest BCUT2D eigenvalue weighted by Crippen LogP contribution is -2.31. The van der Waals surface area contributed by atoms with E-state index in [9.17, 15) is 16.8 Å². The second-order valence-electron chi connectivity index (χ2n) is 6.67. The van der Waals surface area contributed by atoms with Crippen molar-refractivity contribution in [3.05, 3.63) is 89.5 Å². The van der Waals surface area contributed by atoms with Gasteiger partial charge in [0.25, 0.3) is 20.2 Å². The molecular weight excluding hydrogens is 428 g/mol. The zero-order valence-electron chi connectivity index (χ0n) is 15.7. The molecule has 0 fully saturated rings. The number of nitrogens with two attached hydrogens (primary N) is 1. The zero-order chi connectivity index (χ0) is 21.9. The highest BCUT2D eigenvalue weighted by Gasteiger charge is 2.13. The monoisotopic (exact) mass is 448 g/mol. The Morgan fingerprint density at radius 3 is 1.67 bits per heavy atom. The van der Waals surface area contributed by atoms with Crippen LogP contribution in [0.25, 0.3) is 0 Å². The Morgan fingerprint density at radius 2 is 1.17 bits per heavy atom. The van der Waals surface area contributed by atoms with Gasteiger partial charge in [-0.1, -0.05) is 42.5 Å². The summed E-state index contributed by atoms with van der Waals surface area (Å²) in [6, 6.07) is 19.1. The van der Waals surface area contributed by atoms with Crippen LogP contribution in [0.2, 0.25) is 0 Å². The van der Waals surface area contributed by atoms with Crippen LogP contribution in [0.15, 0.2) is 82.6 Å². The standard InChI is InChI=1S/C20H20N2O6S2/c21-22(14-16-7-11-19(12-8-16)30(26,27)28)20-4-2-1-3-17(20)13-15-5-9-18(10-6-15)29(23,24)25/h1-12H,13-14,21H2,(H,23,24,25)(H,26,27,28). The maximum Gasteiger partial charge on any atom is 0.294 e. The Kier molecular flexibility index (Phi) is 6.25. The van der Waals surface area contributed by atoms with Crippen molar-refractivity contribution in [3.8, 4) is 0 Å². The highest BCUT2D eigenvalue weighted by molar-refractivity contribution is 7.86. The van der Waals surface area contributed by atoms with Gasteiger partial charge in [0.1, 0.15) is 0 Å². The van der Waals surface area contributed by atoms with E-state index < -0.39 is 20.2 Å². The van der Waals surface area contributed by atoms with Crippen LogP contribution >= 0.6 is 0 Å². The van der Waals surface area contributed by atoms with E-state index in [1.165, 1.54) is 29.3 Å². The Hall–Kier alpha value is -2.76. The van der Waals surface area contributed by atoms with Crippen LogP contribution in [0.3, 0.4) is 0 Å². The van der Waals surface area contributed by atoms with Gasteiger partial charge >= 0.3 is 0 Å². The number of anilines is 1. The molecule has 0 spiro atoms. The van der Waals surface area contributed by atoms with Crippen LogP contribution in [-0.4, -0.2) is 25.9 Å². The van der Waals surface area contributed by atoms with Gasteiger partial charge in [0.15, 0.2) is 0 Å². The van der Waals surface area contributed by atoms with Crippen molar-refractivity contribution in [2.24, 2.45) is 5.84 Å². The molecule has 0 radical (unpaired) electrons. The van der Waals surface area contributed by atoms with Crippen LogP contribution in [0.5, 0.6) is 0 Å². The molecule has 3 aromatic rings. The summed E-state index contributed by atoms with van der Waals surface area (Å²) < 4.78 is 62.8. The van der Waals surface area contributed by atoms with Gasteiger partial charge in [-0.25, -0.2) is 5.84 Å². The molecule has 0 aliphatic carbocycles. The molecule has 8 nitrogen and oxygen atoms in total. The Morgan fingerprint density at radius 1 is 0.700 bits per heavy atom. The summed E-state index contributed by atoms with van der Waals surface area (Å²) in [4.78, 5) is -0.364. The molecule has 3 rings (SSSR count). The van der Waals surface area contributed by atoms with E-state index in [-0.39, 0.29) is 9.79 Å². The largest absolute Gasteiger partial charge is 0.306 e. The third-order valence-corrected chi connectivity index (χ3v) is 6.23. The van der Waals surface area contributed by atoms with Crippen molar-refractivity contribution in [2.45, 2.75) is 22.8 Å². The summed E-state index contributed by atoms with van der Waals surface area (Å²) in [5.41, 5.74) is 3.22. The molecule has 4 N–H and O–H groups in total. The average Bonchev–Trinajstić information content (AvgIpc) is 2.68. The minimum Gasteiger partial charge on any atom is -0.306 e. The van der Waals surface area contributed by atoms with E-state index >= 15 is 0 Å². The van der Waals surface area contributed by atoms with E-state index in [0.29, 0.717) is 13.0 Å². The normalized spacial score (nSPS) is 12.0. The van der Waals surface area contributed by atoms with E-state index in [2.05, 4.69) is 0 Å². The molecule has 158 valence electrons. The molecule has 0 bridgehead atoms. The number of rotatable bonds is 7. The molecule has 0 unspecified atom stereocenters. The highest BCUT2D eigenvalue weighted by atomic mass is 32.2. The molecule has 0 heterocycles. The highest BCUT2D eigenvalue weighted by Crippen LogP contribution is 2.24. The first kappa shape index (κ1) is 21.9. The average molecular weight is 449 g/mol. The quantitative estimate of drug-likeness (QED) is 0.285. The number of para-hydroxylation sites is 1. The van der Waals surface area contributed by atoms with Crippen molar-refractivity contribution in [2.75, 3.05) is 5.01 Å². The van der Waals surface area contributed by atoms with Gasteiger partial charge in [0.05, 0.1) is 22.0 Å². The van der Waals surface area contributed by atoms with Gasteiger partial charge < -0.3 is 5.01 Å². The van der Waals surface area contributed by atoms with Gasteiger partial charge in [-0.15, -0.1) is 0 Å². The summed E-state index contributed by atoms with van der Waals surface area (Å²) in [6.07, 6.45) is 0.483. The summed E-state index contributed by atoms with van der Waals surface area (Å²) >= 11 is 0. The molecule has 30 heavy (non-hydrogen) atoms. The van der Waals surface area contributed by atoms with Crippen molar-refractivity contribution in [1.29, 1.82) is 0 Å². The van der Waals surface area contributed by atoms with Crippen LogP contribution < -0.4 is 10.9 Å². The molecule has 0 amide bonds. The predicted octanol–water partition coefficient (Wildman–Crippen LogP) is 2.65. The van der Waals surface area contributed by atoms with Crippen LogP contribution in [-0.2, 0) is 33.2 Å². The van der Waals surface area contributed by atoms with E-state index in [0.717, 1.165) is 22.4 Å². The second kappa shape index (κ2) is 8.54. The van der Waals surface area contributed by atoms with Crippen molar-refractivity contribution < 1.29 is 25.9 Å². The van der Waals surface area contributed by atoms with E-state index in [1.807, 2.05) is 24.3 Å². The van der Waals surface area contributed by atoms with Gasteiger partial charge in [0, 0.05) is 0 Å². The summed E-state index contributed by atoms with van der Waals surface area (Å²) in [5, 5.41) is 1.52. The van der Waals surface area contributed by atoms with Crippen molar-refractivity contribution in [3.63, 3.8) is 0 Å². The van der Waals surface area contributed by atoms with Crippen molar-refractivity contribution in [1.82, 2.24) is 0 Å². The smallest absolute Gasteiger partial charge is 0.294 e.